The molecule has 2 aliphatic rings. The zero-order valence-corrected chi connectivity index (χ0v) is 15.0. The Morgan fingerprint density at radius 1 is 1.12 bits per heavy atom. The van der Waals surface area contributed by atoms with Crippen LogP contribution in [0.2, 0.25) is 5.02 Å². The van der Waals surface area contributed by atoms with E-state index in [9.17, 15) is 4.79 Å². The Morgan fingerprint density at radius 2 is 1.83 bits per heavy atom. The summed E-state index contributed by atoms with van der Waals surface area (Å²) in [6.45, 7) is 3.82. The minimum Gasteiger partial charge on any atom is -0.351 e. The number of halogens is 1. The molecule has 0 radical (unpaired) electrons. The first-order valence-electron chi connectivity index (χ1n) is 9.15. The molecular weight excluding hydrogens is 322 g/mol. The number of piperidine rings is 1. The van der Waals surface area contributed by atoms with Crippen LogP contribution in [0.15, 0.2) is 24.3 Å². The Labute approximate surface area is 149 Å². The summed E-state index contributed by atoms with van der Waals surface area (Å²) < 4.78 is 0. The van der Waals surface area contributed by atoms with Gasteiger partial charge in [-0.2, -0.15) is 0 Å². The second-order valence-corrected chi connectivity index (χ2v) is 7.62. The van der Waals surface area contributed by atoms with Crippen molar-refractivity contribution in [2.24, 2.45) is 5.41 Å². The Morgan fingerprint density at radius 3 is 2.54 bits per heavy atom. The summed E-state index contributed by atoms with van der Waals surface area (Å²) in [6, 6.07) is 7.76. The Balaban J connectivity index is 1.34. The molecule has 4 nitrogen and oxygen atoms in total. The molecule has 3 rings (SSSR count). The maximum Gasteiger partial charge on any atom is 0.252 e. The number of hydrogen-bond donors (Lipinski definition) is 3. The molecule has 1 aromatic carbocycles. The molecule has 132 valence electrons. The first kappa shape index (κ1) is 17.7. The number of carbonyl (C=O) groups is 1. The molecule has 1 spiro atoms. The van der Waals surface area contributed by atoms with Crippen LogP contribution in [-0.4, -0.2) is 38.1 Å². The van der Waals surface area contributed by atoms with Crippen molar-refractivity contribution in [1.29, 1.82) is 0 Å². The van der Waals surface area contributed by atoms with E-state index < -0.39 is 0 Å². The van der Waals surface area contributed by atoms with Crippen LogP contribution in [-0.2, 0) is 0 Å². The van der Waals surface area contributed by atoms with Gasteiger partial charge in [-0.3, -0.25) is 4.79 Å². The zero-order valence-electron chi connectivity index (χ0n) is 14.2. The van der Waals surface area contributed by atoms with Crippen molar-refractivity contribution in [2.75, 3.05) is 26.2 Å². The highest BCUT2D eigenvalue weighted by atomic mass is 35.5. The van der Waals surface area contributed by atoms with Gasteiger partial charge in [-0.1, -0.05) is 23.7 Å². The first-order chi connectivity index (χ1) is 11.7. The van der Waals surface area contributed by atoms with Crippen LogP contribution in [0.3, 0.4) is 0 Å². The summed E-state index contributed by atoms with van der Waals surface area (Å²) in [7, 11) is 0. The van der Waals surface area contributed by atoms with Crippen LogP contribution in [0.5, 0.6) is 0 Å². The largest absolute Gasteiger partial charge is 0.351 e. The van der Waals surface area contributed by atoms with E-state index in [0.717, 1.165) is 6.54 Å². The Bertz CT molecular complexity index is 547. The Kier molecular flexibility index (Phi) is 6.14. The number of benzene rings is 1. The fourth-order valence-electron chi connectivity index (χ4n) is 4.08. The lowest BCUT2D eigenvalue weighted by Gasteiger charge is -2.43. The molecule has 1 heterocycles. The molecule has 24 heavy (non-hydrogen) atoms. The van der Waals surface area contributed by atoms with Gasteiger partial charge in [0.15, 0.2) is 0 Å². The molecule has 1 aliphatic carbocycles. The van der Waals surface area contributed by atoms with E-state index in [2.05, 4.69) is 16.0 Å². The number of hydrogen-bond acceptors (Lipinski definition) is 3. The standard InChI is InChI=1S/C19H28ClN3O/c20-17-4-2-1-3-16(17)18(24)23-14-13-22-15-5-7-19(8-6-15)9-11-21-12-10-19/h1-4,15,21-22H,5-14H2,(H,23,24). The van der Waals surface area contributed by atoms with E-state index in [1.807, 2.05) is 12.1 Å². The third-order valence-corrected chi connectivity index (χ3v) is 6.00. The molecule has 1 aromatic rings. The molecule has 1 aliphatic heterocycles. The lowest BCUT2D eigenvalue weighted by Crippen LogP contribution is -2.44. The van der Waals surface area contributed by atoms with Crippen molar-refractivity contribution in [2.45, 2.75) is 44.6 Å². The number of rotatable bonds is 5. The van der Waals surface area contributed by atoms with Gasteiger partial charge >= 0.3 is 0 Å². The molecule has 0 bridgehead atoms. The van der Waals surface area contributed by atoms with Crippen molar-refractivity contribution >= 4 is 17.5 Å². The van der Waals surface area contributed by atoms with Crippen LogP contribution >= 0.6 is 11.6 Å². The van der Waals surface area contributed by atoms with Crippen molar-refractivity contribution < 1.29 is 4.79 Å². The topological polar surface area (TPSA) is 53.2 Å². The molecule has 3 N–H and O–H groups in total. The number of carbonyl (C=O) groups excluding carboxylic acids is 1. The first-order valence-corrected chi connectivity index (χ1v) is 9.53. The minimum atomic E-state index is -0.0975. The second-order valence-electron chi connectivity index (χ2n) is 7.21. The van der Waals surface area contributed by atoms with Gasteiger partial charge in [0.25, 0.3) is 5.91 Å². The number of amides is 1. The van der Waals surface area contributed by atoms with Gasteiger partial charge in [0.05, 0.1) is 10.6 Å². The second kappa shape index (κ2) is 8.32. The van der Waals surface area contributed by atoms with Crippen molar-refractivity contribution in [3.8, 4) is 0 Å². The van der Waals surface area contributed by atoms with Crippen LogP contribution in [0, 0.1) is 5.41 Å². The van der Waals surface area contributed by atoms with E-state index in [4.69, 9.17) is 11.6 Å². The van der Waals surface area contributed by atoms with Gasteiger partial charge in [-0.15, -0.1) is 0 Å². The molecule has 5 heteroatoms. The van der Waals surface area contributed by atoms with Crippen LogP contribution in [0.1, 0.15) is 48.9 Å². The van der Waals surface area contributed by atoms with Crippen molar-refractivity contribution in [3.63, 3.8) is 0 Å². The minimum absolute atomic E-state index is 0.0975. The molecule has 1 saturated carbocycles. The fourth-order valence-corrected chi connectivity index (χ4v) is 4.31. The van der Waals surface area contributed by atoms with E-state index in [1.165, 1.54) is 51.6 Å². The molecule has 2 fully saturated rings. The van der Waals surface area contributed by atoms with Gasteiger partial charge in [0, 0.05) is 19.1 Å². The van der Waals surface area contributed by atoms with Gasteiger partial charge in [0.1, 0.15) is 0 Å². The van der Waals surface area contributed by atoms with Crippen molar-refractivity contribution in [3.05, 3.63) is 34.9 Å². The van der Waals surface area contributed by atoms with E-state index in [-0.39, 0.29) is 5.91 Å². The quantitative estimate of drug-likeness (QED) is 0.716. The third-order valence-electron chi connectivity index (χ3n) is 5.67. The van der Waals surface area contributed by atoms with Crippen molar-refractivity contribution in [1.82, 2.24) is 16.0 Å². The van der Waals surface area contributed by atoms with Gasteiger partial charge in [0.2, 0.25) is 0 Å². The molecule has 1 amide bonds. The highest BCUT2D eigenvalue weighted by Crippen LogP contribution is 2.43. The van der Waals surface area contributed by atoms with E-state index in [1.54, 1.807) is 12.1 Å². The summed E-state index contributed by atoms with van der Waals surface area (Å²) in [5.41, 5.74) is 1.16. The highest BCUT2D eigenvalue weighted by Gasteiger charge is 2.35. The summed E-state index contributed by atoms with van der Waals surface area (Å²) in [6.07, 6.45) is 7.90. The van der Waals surface area contributed by atoms with Gasteiger partial charge < -0.3 is 16.0 Å². The van der Waals surface area contributed by atoms with Gasteiger partial charge in [-0.25, -0.2) is 0 Å². The average Bonchev–Trinajstić information content (AvgIpc) is 2.61. The van der Waals surface area contributed by atoms with Crippen LogP contribution in [0.4, 0.5) is 0 Å². The smallest absolute Gasteiger partial charge is 0.252 e. The van der Waals surface area contributed by atoms with Crippen LogP contribution < -0.4 is 16.0 Å². The molecule has 0 aromatic heterocycles. The normalized spacial score (nSPS) is 20.9. The SMILES string of the molecule is O=C(NCCNC1CCC2(CCNCC2)CC1)c1ccccc1Cl. The lowest BCUT2D eigenvalue weighted by atomic mass is 9.67. The van der Waals surface area contributed by atoms with E-state index in [0.29, 0.717) is 28.6 Å². The monoisotopic (exact) mass is 349 g/mol. The Hall–Kier alpha value is -1.10. The third kappa shape index (κ3) is 4.50. The maximum atomic E-state index is 12.1. The van der Waals surface area contributed by atoms with Gasteiger partial charge in [-0.05, 0) is 69.2 Å². The summed E-state index contributed by atoms with van der Waals surface area (Å²) in [4.78, 5) is 12.1. The summed E-state index contributed by atoms with van der Waals surface area (Å²) in [5.74, 6) is -0.0975. The highest BCUT2D eigenvalue weighted by molar-refractivity contribution is 6.33. The lowest BCUT2D eigenvalue weighted by molar-refractivity contribution is 0.0951. The predicted octanol–water partition coefficient (Wildman–Crippen LogP) is 2.97. The average molecular weight is 350 g/mol. The maximum absolute atomic E-state index is 12.1. The summed E-state index contributed by atoms with van der Waals surface area (Å²) >= 11 is 6.04. The van der Waals surface area contributed by atoms with Crippen LogP contribution in [0.25, 0.3) is 0 Å². The molecule has 1 saturated heterocycles. The number of nitrogens with one attached hydrogen (secondary N) is 3. The fraction of sp³-hybridized carbons (Fsp3) is 0.632. The molecule has 0 unspecified atom stereocenters. The molecule has 0 atom stereocenters. The predicted molar refractivity (Wildman–Crippen MR) is 98.6 cm³/mol. The summed E-state index contributed by atoms with van der Waals surface area (Å²) in [5, 5.41) is 10.5. The zero-order chi connectivity index (χ0) is 16.8. The van der Waals surface area contributed by atoms with E-state index >= 15 is 0 Å². The molecular formula is C19H28ClN3O.